The second kappa shape index (κ2) is 4.81. The zero-order chi connectivity index (χ0) is 6.41. The fraction of sp³-hybridized carbons (Fsp3) is 0.333. The SMILES string of the molecule is N#CC(=O)NCSS. The molecule has 0 aromatic rings. The molecule has 0 unspecified atom stereocenters. The Labute approximate surface area is 56.3 Å². The van der Waals surface area contributed by atoms with Gasteiger partial charge in [0, 0.05) is 0 Å². The Morgan fingerprint density at radius 3 is 3.00 bits per heavy atom. The first-order valence-electron chi connectivity index (χ1n) is 1.75. The third kappa shape index (κ3) is 3.84. The third-order valence-electron chi connectivity index (χ3n) is 0.399. The standard InChI is InChI=1S/C3H4N2OS2/c4-1-3(6)5-2-8-7/h7H,2H2,(H,5,6). The van der Waals surface area contributed by atoms with E-state index in [9.17, 15) is 4.79 Å². The number of carbonyl (C=O) groups is 1. The number of carbonyl (C=O) groups excluding carboxylic acids is 1. The Morgan fingerprint density at radius 2 is 2.62 bits per heavy atom. The molecule has 0 atom stereocenters. The Hall–Kier alpha value is -0.340. The van der Waals surface area contributed by atoms with Crippen molar-refractivity contribution in [2.24, 2.45) is 0 Å². The van der Waals surface area contributed by atoms with Crippen molar-refractivity contribution in [3.05, 3.63) is 0 Å². The van der Waals surface area contributed by atoms with Crippen molar-refractivity contribution in [1.82, 2.24) is 5.32 Å². The van der Waals surface area contributed by atoms with E-state index in [1.165, 1.54) is 6.07 Å². The molecule has 0 aliphatic rings. The number of hydrogen-bond acceptors (Lipinski definition) is 4. The first kappa shape index (κ1) is 7.66. The van der Waals surface area contributed by atoms with Crippen LogP contribution < -0.4 is 5.32 Å². The van der Waals surface area contributed by atoms with Gasteiger partial charge in [-0.2, -0.15) is 5.26 Å². The molecule has 0 aliphatic heterocycles. The van der Waals surface area contributed by atoms with Crippen molar-refractivity contribution < 1.29 is 4.79 Å². The van der Waals surface area contributed by atoms with Crippen molar-refractivity contribution in [1.29, 1.82) is 5.26 Å². The van der Waals surface area contributed by atoms with Gasteiger partial charge < -0.3 is 5.32 Å². The van der Waals surface area contributed by atoms with Gasteiger partial charge in [-0.25, -0.2) is 0 Å². The number of hydrogen-bond donors (Lipinski definition) is 2. The molecule has 0 radical (unpaired) electrons. The number of thiol groups is 1. The van der Waals surface area contributed by atoms with Gasteiger partial charge in [0.05, 0.1) is 5.88 Å². The van der Waals surface area contributed by atoms with Gasteiger partial charge in [0.2, 0.25) is 0 Å². The number of nitrogens with zero attached hydrogens (tertiary/aromatic N) is 1. The Balaban J connectivity index is 3.16. The Bertz CT molecular complexity index is 119. The summed E-state index contributed by atoms with van der Waals surface area (Å²) < 4.78 is 0. The van der Waals surface area contributed by atoms with E-state index >= 15 is 0 Å². The molecule has 1 amide bonds. The van der Waals surface area contributed by atoms with E-state index in [1.807, 2.05) is 0 Å². The van der Waals surface area contributed by atoms with Gasteiger partial charge in [0.15, 0.2) is 6.07 Å². The van der Waals surface area contributed by atoms with Gasteiger partial charge in [-0.1, -0.05) is 10.8 Å². The van der Waals surface area contributed by atoms with Crippen LogP contribution in [0, 0.1) is 11.3 Å². The lowest BCUT2D eigenvalue weighted by Gasteiger charge is -1.90. The smallest absolute Gasteiger partial charge is 0.323 e. The van der Waals surface area contributed by atoms with Crippen LogP contribution in [0.4, 0.5) is 0 Å². The van der Waals surface area contributed by atoms with Crippen molar-refractivity contribution in [3.63, 3.8) is 0 Å². The van der Waals surface area contributed by atoms with E-state index < -0.39 is 5.91 Å². The molecule has 0 saturated heterocycles. The van der Waals surface area contributed by atoms with Crippen LogP contribution in [0.5, 0.6) is 0 Å². The molecule has 0 spiro atoms. The summed E-state index contributed by atoms with van der Waals surface area (Å²) in [6, 6.07) is 1.40. The normalized spacial score (nSPS) is 7.50. The highest BCUT2D eigenvalue weighted by molar-refractivity contribution is 8.68. The van der Waals surface area contributed by atoms with Crippen molar-refractivity contribution in [2.75, 3.05) is 5.88 Å². The first-order valence-corrected chi connectivity index (χ1v) is 3.79. The van der Waals surface area contributed by atoms with Crippen LogP contribution in [0.1, 0.15) is 0 Å². The molecule has 0 bridgehead atoms. The zero-order valence-electron chi connectivity index (χ0n) is 3.92. The lowest BCUT2D eigenvalue weighted by atomic mass is 10.7. The Kier molecular flexibility index (Phi) is 4.61. The van der Waals surface area contributed by atoms with Crippen molar-refractivity contribution in [2.45, 2.75) is 0 Å². The van der Waals surface area contributed by atoms with Crippen LogP contribution in [-0.2, 0) is 4.79 Å². The number of rotatable bonds is 2. The molecular formula is C3H4N2OS2. The Morgan fingerprint density at radius 1 is 2.00 bits per heavy atom. The van der Waals surface area contributed by atoms with Crippen molar-refractivity contribution in [3.8, 4) is 6.07 Å². The van der Waals surface area contributed by atoms with E-state index in [0.29, 0.717) is 5.88 Å². The van der Waals surface area contributed by atoms with Gasteiger partial charge in [-0.3, -0.25) is 4.79 Å². The summed E-state index contributed by atoms with van der Waals surface area (Å²) in [6.07, 6.45) is 0. The molecule has 0 rings (SSSR count). The average Bonchev–Trinajstić information content (AvgIpc) is 1.83. The summed E-state index contributed by atoms with van der Waals surface area (Å²) in [6.45, 7) is 0. The van der Waals surface area contributed by atoms with E-state index in [-0.39, 0.29) is 0 Å². The molecule has 3 nitrogen and oxygen atoms in total. The van der Waals surface area contributed by atoms with Gasteiger partial charge >= 0.3 is 5.91 Å². The second-order valence-electron chi connectivity index (χ2n) is 0.891. The molecule has 0 fully saturated rings. The van der Waals surface area contributed by atoms with E-state index in [4.69, 9.17) is 5.26 Å². The maximum absolute atomic E-state index is 10.1. The van der Waals surface area contributed by atoms with Crippen LogP contribution in [-0.4, -0.2) is 11.8 Å². The van der Waals surface area contributed by atoms with E-state index in [2.05, 4.69) is 17.0 Å². The summed E-state index contributed by atoms with van der Waals surface area (Å²) in [5.41, 5.74) is 0. The minimum absolute atomic E-state index is 0.371. The maximum Gasteiger partial charge on any atom is 0.323 e. The van der Waals surface area contributed by atoms with Gasteiger partial charge in [0.1, 0.15) is 0 Å². The van der Waals surface area contributed by atoms with Crippen molar-refractivity contribution >= 4 is 28.4 Å². The molecule has 1 N–H and O–H groups in total. The summed E-state index contributed by atoms with van der Waals surface area (Å²) in [7, 11) is 1.16. The minimum atomic E-state index is -0.619. The monoisotopic (exact) mass is 148 g/mol. The molecule has 0 heterocycles. The fourth-order valence-electron chi connectivity index (χ4n) is 0.137. The quantitative estimate of drug-likeness (QED) is 0.254. The van der Waals surface area contributed by atoms with Crippen LogP contribution in [0.3, 0.4) is 0 Å². The molecule has 0 aliphatic carbocycles. The zero-order valence-corrected chi connectivity index (χ0v) is 5.63. The van der Waals surface area contributed by atoms with Gasteiger partial charge in [-0.05, 0) is 0 Å². The first-order chi connectivity index (χ1) is 3.81. The van der Waals surface area contributed by atoms with Crippen LogP contribution >= 0.6 is 22.5 Å². The molecular weight excluding hydrogens is 144 g/mol. The van der Waals surface area contributed by atoms with E-state index in [1.54, 1.807) is 0 Å². The van der Waals surface area contributed by atoms with Crippen LogP contribution in [0.15, 0.2) is 0 Å². The molecule has 44 valence electrons. The number of nitriles is 1. The predicted molar refractivity (Wildman–Crippen MR) is 35.2 cm³/mol. The average molecular weight is 148 g/mol. The third-order valence-corrected chi connectivity index (χ3v) is 1.06. The predicted octanol–water partition coefficient (Wildman–Crippen LogP) is 0.162. The number of nitrogens with one attached hydrogen (secondary N) is 1. The highest BCUT2D eigenvalue weighted by atomic mass is 33.1. The molecule has 0 aromatic heterocycles. The number of amides is 1. The topological polar surface area (TPSA) is 52.9 Å². The summed E-state index contributed by atoms with van der Waals surface area (Å²) in [4.78, 5) is 10.1. The lowest BCUT2D eigenvalue weighted by Crippen LogP contribution is -2.19. The maximum atomic E-state index is 10.1. The van der Waals surface area contributed by atoms with Crippen LogP contribution in [0.2, 0.25) is 0 Å². The van der Waals surface area contributed by atoms with Gasteiger partial charge in [-0.15, -0.1) is 11.7 Å². The highest BCUT2D eigenvalue weighted by Gasteiger charge is 1.91. The summed E-state index contributed by atoms with van der Waals surface area (Å²) in [5.74, 6) is -0.248. The fourth-order valence-corrected chi connectivity index (χ4v) is 0.527. The molecule has 5 heteroatoms. The largest absolute Gasteiger partial charge is 0.334 e. The lowest BCUT2D eigenvalue weighted by molar-refractivity contribution is -0.115. The van der Waals surface area contributed by atoms with Crippen LogP contribution in [0.25, 0.3) is 0 Å². The molecule has 8 heavy (non-hydrogen) atoms. The molecule has 0 aromatic carbocycles. The summed E-state index contributed by atoms with van der Waals surface area (Å²) in [5, 5.41) is 10.1. The van der Waals surface area contributed by atoms with E-state index in [0.717, 1.165) is 10.8 Å². The second-order valence-corrected chi connectivity index (χ2v) is 2.21. The molecule has 0 saturated carbocycles. The van der Waals surface area contributed by atoms with Gasteiger partial charge in [0.25, 0.3) is 0 Å². The summed E-state index contributed by atoms with van der Waals surface area (Å²) >= 11 is 3.73. The minimum Gasteiger partial charge on any atom is -0.334 e. The highest BCUT2D eigenvalue weighted by Crippen LogP contribution is 1.99.